The molecule has 0 aliphatic heterocycles. The second kappa shape index (κ2) is 7.10. The fourth-order valence-corrected chi connectivity index (χ4v) is 2.68. The zero-order valence-corrected chi connectivity index (χ0v) is 13.5. The molecule has 0 aliphatic rings. The van der Waals surface area contributed by atoms with E-state index in [0.717, 1.165) is 23.6 Å². The van der Waals surface area contributed by atoms with Gasteiger partial charge in [0.1, 0.15) is 5.82 Å². The number of rotatable bonds is 5. The molecule has 3 N–H and O–H groups in total. The van der Waals surface area contributed by atoms with Gasteiger partial charge in [0.15, 0.2) is 0 Å². The van der Waals surface area contributed by atoms with Gasteiger partial charge in [0.25, 0.3) is 0 Å². The van der Waals surface area contributed by atoms with Crippen molar-refractivity contribution in [2.45, 2.75) is 19.5 Å². The Balaban J connectivity index is 1.84. The van der Waals surface area contributed by atoms with Crippen molar-refractivity contribution >= 4 is 11.6 Å². The van der Waals surface area contributed by atoms with Gasteiger partial charge >= 0.3 is 0 Å². The lowest BCUT2D eigenvalue weighted by atomic mass is 10.1. The number of carbonyl (C=O) groups excluding carboxylic acids is 1. The van der Waals surface area contributed by atoms with Gasteiger partial charge in [-0.25, -0.2) is 4.98 Å². The van der Waals surface area contributed by atoms with E-state index in [1.165, 1.54) is 12.5 Å². The van der Waals surface area contributed by atoms with Crippen LogP contribution in [0.5, 0.6) is 0 Å². The van der Waals surface area contributed by atoms with Gasteiger partial charge in [0.05, 0.1) is 6.04 Å². The number of anilines is 1. The van der Waals surface area contributed by atoms with Crippen LogP contribution in [0.1, 0.15) is 29.9 Å². The first-order chi connectivity index (χ1) is 11.6. The fraction of sp³-hybridized carbons (Fsp3) is 0.158. The minimum absolute atomic E-state index is 0.105. The van der Waals surface area contributed by atoms with Crippen LogP contribution in [0.15, 0.2) is 67.0 Å². The lowest BCUT2D eigenvalue weighted by Gasteiger charge is -2.16. The summed E-state index contributed by atoms with van der Waals surface area (Å²) >= 11 is 0. The molecule has 0 spiro atoms. The molecular weight excluding hydrogens is 300 g/mol. The molecule has 5 heteroatoms. The first kappa shape index (κ1) is 16.0. The molecule has 24 heavy (non-hydrogen) atoms. The predicted octanol–water partition coefficient (Wildman–Crippen LogP) is 2.94. The summed E-state index contributed by atoms with van der Waals surface area (Å²) in [6.07, 6.45) is 3.69. The van der Waals surface area contributed by atoms with Gasteiger partial charge in [0, 0.05) is 31.5 Å². The van der Waals surface area contributed by atoms with Crippen molar-refractivity contribution in [3.05, 3.63) is 83.9 Å². The van der Waals surface area contributed by atoms with Gasteiger partial charge in [-0.05, 0) is 23.3 Å². The fourth-order valence-electron chi connectivity index (χ4n) is 2.68. The van der Waals surface area contributed by atoms with Crippen LogP contribution >= 0.6 is 0 Å². The Morgan fingerprint density at radius 2 is 2.00 bits per heavy atom. The maximum atomic E-state index is 11.2. The number of benzene rings is 2. The van der Waals surface area contributed by atoms with Crippen LogP contribution in [0, 0.1) is 0 Å². The van der Waals surface area contributed by atoms with Crippen LogP contribution in [-0.4, -0.2) is 15.5 Å². The highest BCUT2D eigenvalue weighted by Gasteiger charge is 2.15. The highest BCUT2D eigenvalue weighted by atomic mass is 16.1. The van der Waals surface area contributed by atoms with Crippen LogP contribution in [0.4, 0.5) is 5.69 Å². The lowest BCUT2D eigenvalue weighted by molar-refractivity contribution is -0.114. The Morgan fingerprint density at radius 3 is 2.75 bits per heavy atom. The standard InChI is InChI=1S/C19H20N4O/c1-14(24)22-17-9-5-8-16(12-17)18(20)19-21-10-11-23(19)13-15-6-3-2-4-7-15/h2-12,18H,13,20H2,1H3,(H,22,24). The van der Waals surface area contributed by atoms with Crippen molar-refractivity contribution in [1.82, 2.24) is 9.55 Å². The summed E-state index contributed by atoms with van der Waals surface area (Å²) in [5.41, 5.74) is 9.25. The first-order valence-corrected chi connectivity index (χ1v) is 7.81. The summed E-state index contributed by atoms with van der Waals surface area (Å²) in [5.74, 6) is 0.685. The van der Waals surface area contributed by atoms with E-state index in [0.29, 0.717) is 0 Å². The van der Waals surface area contributed by atoms with E-state index in [4.69, 9.17) is 5.73 Å². The highest BCUT2D eigenvalue weighted by Crippen LogP contribution is 2.22. The predicted molar refractivity (Wildman–Crippen MR) is 94.5 cm³/mol. The van der Waals surface area contributed by atoms with Gasteiger partial charge in [0.2, 0.25) is 5.91 Å². The number of carbonyl (C=O) groups is 1. The number of imidazole rings is 1. The summed E-state index contributed by atoms with van der Waals surface area (Å²) < 4.78 is 2.05. The molecule has 1 amide bonds. The first-order valence-electron chi connectivity index (χ1n) is 7.81. The quantitative estimate of drug-likeness (QED) is 0.759. The van der Waals surface area contributed by atoms with Crippen molar-refractivity contribution in [3.8, 4) is 0 Å². The number of amides is 1. The van der Waals surface area contributed by atoms with Gasteiger partial charge in [-0.3, -0.25) is 4.79 Å². The monoisotopic (exact) mass is 320 g/mol. The summed E-state index contributed by atoms with van der Waals surface area (Å²) in [4.78, 5) is 15.7. The van der Waals surface area contributed by atoms with E-state index in [2.05, 4.69) is 22.4 Å². The zero-order chi connectivity index (χ0) is 16.9. The van der Waals surface area contributed by atoms with Crippen LogP contribution in [0.2, 0.25) is 0 Å². The molecule has 5 nitrogen and oxygen atoms in total. The number of nitrogens with zero attached hydrogens (tertiary/aromatic N) is 2. The molecule has 1 unspecified atom stereocenters. The molecule has 0 saturated heterocycles. The van der Waals surface area contributed by atoms with E-state index in [9.17, 15) is 4.79 Å². The topological polar surface area (TPSA) is 72.9 Å². The minimum atomic E-state index is -0.363. The zero-order valence-electron chi connectivity index (χ0n) is 13.5. The maximum absolute atomic E-state index is 11.2. The average Bonchev–Trinajstić information content (AvgIpc) is 3.03. The van der Waals surface area contributed by atoms with E-state index in [-0.39, 0.29) is 11.9 Å². The molecule has 1 aromatic heterocycles. The lowest BCUT2D eigenvalue weighted by Crippen LogP contribution is -2.18. The van der Waals surface area contributed by atoms with Crippen LogP contribution in [0.3, 0.4) is 0 Å². The third-order valence-corrected chi connectivity index (χ3v) is 3.79. The minimum Gasteiger partial charge on any atom is -0.329 e. The number of nitrogens with two attached hydrogens (primary N) is 1. The van der Waals surface area contributed by atoms with Gasteiger partial charge in [-0.1, -0.05) is 42.5 Å². The summed E-state index contributed by atoms with van der Waals surface area (Å²) in [6, 6.07) is 17.4. The SMILES string of the molecule is CC(=O)Nc1cccc(C(N)c2nccn2Cc2ccccc2)c1. The van der Waals surface area contributed by atoms with Crippen LogP contribution in [0.25, 0.3) is 0 Å². The van der Waals surface area contributed by atoms with Crippen LogP contribution in [-0.2, 0) is 11.3 Å². The van der Waals surface area contributed by atoms with E-state index in [1.807, 2.05) is 53.2 Å². The summed E-state index contributed by atoms with van der Waals surface area (Å²) in [5, 5.41) is 2.78. The normalized spacial score (nSPS) is 11.9. The van der Waals surface area contributed by atoms with Crippen molar-refractivity contribution < 1.29 is 4.79 Å². The second-order valence-electron chi connectivity index (χ2n) is 5.68. The number of nitrogens with one attached hydrogen (secondary N) is 1. The Bertz CT molecular complexity index is 826. The maximum Gasteiger partial charge on any atom is 0.221 e. The summed E-state index contributed by atoms with van der Waals surface area (Å²) in [6.45, 7) is 2.20. The molecule has 0 radical (unpaired) electrons. The Hall–Kier alpha value is -2.92. The van der Waals surface area contributed by atoms with Crippen molar-refractivity contribution in [2.75, 3.05) is 5.32 Å². The molecule has 0 bridgehead atoms. The molecule has 0 aliphatic carbocycles. The molecule has 3 rings (SSSR count). The molecule has 0 saturated carbocycles. The molecule has 1 atom stereocenters. The van der Waals surface area contributed by atoms with Crippen molar-refractivity contribution in [1.29, 1.82) is 0 Å². The van der Waals surface area contributed by atoms with Crippen LogP contribution < -0.4 is 11.1 Å². The van der Waals surface area contributed by atoms with Gasteiger partial charge in [-0.15, -0.1) is 0 Å². The molecule has 3 aromatic rings. The molecule has 122 valence electrons. The molecular formula is C19H20N4O. The average molecular weight is 320 g/mol. The van der Waals surface area contributed by atoms with Crippen molar-refractivity contribution in [3.63, 3.8) is 0 Å². The molecule has 0 fully saturated rings. The Labute approximate surface area is 141 Å². The van der Waals surface area contributed by atoms with Crippen molar-refractivity contribution in [2.24, 2.45) is 5.73 Å². The smallest absolute Gasteiger partial charge is 0.221 e. The highest BCUT2D eigenvalue weighted by molar-refractivity contribution is 5.88. The molecule has 2 aromatic carbocycles. The Morgan fingerprint density at radius 1 is 1.21 bits per heavy atom. The van der Waals surface area contributed by atoms with E-state index in [1.54, 1.807) is 6.20 Å². The van der Waals surface area contributed by atoms with E-state index < -0.39 is 0 Å². The molecule has 1 heterocycles. The third kappa shape index (κ3) is 3.70. The second-order valence-corrected chi connectivity index (χ2v) is 5.68. The van der Waals surface area contributed by atoms with Gasteiger partial charge < -0.3 is 15.6 Å². The number of hydrogen-bond acceptors (Lipinski definition) is 3. The number of aromatic nitrogens is 2. The largest absolute Gasteiger partial charge is 0.329 e. The summed E-state index contributed by atoms with van der Waals surface area (Å²) in [7, 11) is 0. The number of hydrogen-bond donors (Lipinski definition) is 2. The van der Waals surface area contributed by atoms with Gasteiger partial charge in [-0.2, -0.15) is 0 Å². The Kier molecular flexibility index (Phi) is 4.72. The third-order valence-electron chi connectivity index (χ3n) is 3.79. The van der Waals surface area contributed by atoms with E-state index >= 15 is 0 Å².